The van der Waals surface area contributed by atoms with Crippen molar-refractivity contribution >= 4 is 23.3 Å². The van der Waals surface area contributed by atoms with Gasteiger partial charge in [0.05, 0.1) is 19.2 Å². The van der Waals surface area contributed by atoms with Gasteiger partial charge in [-0.15, -0.1) is 0 Å². The number of hydrogen-bond donors (Lipinski definition) is 1. The fourth-order valence-corrected chi connectivity index (χ4v) is 2.49. The van der Waals surface area contributed by atoms with Crippen LogP contribution in [0.4, 0.5) is 5.69 Å². The van der Waals surface area contributed by atoms with E-state index in [0.29, 0.717) is 17.0 Å². The summed E-state index contributed by atoms with van der Waals surface area (Å²) in [4.78, 5) is 36.0. The lowest BCUT2D eigenvalue weighted by Gasteiger charge is -2.19. The molecule has 0 fully saturated rings. The molecule has 0 aliphatic heterocycles. The summed E-state index contributed by atoms with van der Waals surface area (Å²) in [6.07, 6.45) is -1.12. The third-order valence-electron chi connectivity index (χ3n) is 3.88. The number of amides is 1. The number of nitrogens with one attached hydrogen (secondary N) is 1. The van der Waals surface area contributed by atoms with Crippen molar-refractivity contribution in [3.8, 4) is 5.75 Å². The number of ketones is 1. The Hall–Kier alpha value is -3.15. The van der Waals surface area contributed by atoms with Crippen molar-refractivity contribution in [1.29, 1.82) is 0 Å². The Labute approximate surface area is 158 Å². The minimum absolute atomic E-state index is 0.0697. The zero-order chi connectivity index (χ0) is 19.8. The predicted octanol–water partition coefficient (Wildman–Crippen LogP) is 3.60. The summed E-state index contributed by atoms with van der Waals surface area (Å²) < 4.78 is 10.7. The fourth-order valence-electron chi connectivity index (χ4n) is 2.49. The highest BCUT2D eigenvalue weighted by molar-refractivity contribution is 5.97. The standard InChI is InChI=1S/C21H23NO5/c1-14-9-11-18(26-3)17(13-14)22-21(25)20(16-7-5-4-6-8-16)27-19(24)12-10-15(2)23/h4-9,11,13,20H,10,12H2,1-3H3,(H,22,25)/t20-/m0/s1. The van der Waals surface area contributed by atoms with E-state index in [0.717, 1.165) is 5.56 Å². The van der Waals surface area contributed by atoms with Crippen molar-refractivity contribution in [2.75, 3.05) is 12.4 Å². The van der Waals surface area contributed by atoms with E-state index in [4.69, 9.17) is 9.47 Å². The monoisotopic (exact) mass is 369 g/mol. The van der Waals surface area contributed by atoms with Crippen molar-refractivity contribution < 1.29 is 23.9 Å². The molecule has 2 aromatic rings. The minimum Gasteiger partial charge on any atom is -0.495 e. The molecular weight excluding hydrogens is 346 g/mol. The smallest absolute Gasteiger partial charge is 0.307 e. The van der Waals surface area contributed by atoms with Crippen LogP contribution in [0.15, 0.2) is 48.5 Å². The second-order valence-corrected chi connectivity index (χ2v) is 6.18. The van der Waals surface area contributed by atoms with Gasteiger partial charge in [-0.25, -0.2) is 0 Å². The maximum atomic E-state index is 12.9. The normalized spacial score (nSPS) is 11.4. The van der Waals surface area contributed by atoms with Gasteiger partial charge in [0.1, 0.15) is 11.5 Å². The first-order chi connectivity index (χ1) is 12.9. The Bertz CT molecular complexity index is 817. The zero-order valence-corrected chi connectivity index (χ0v) is 15.7. The van der Waals surface area contributed by atoms with E-state index in [1.54, 1.807) is 42.5 Å². The molecule has 142 valence electrons. The Balaban J connectivity index is 2.22. The second kappa shape index (κ2) is 9.52. The molecule has 0 saturated heterocycles. The van der Waals surface area contributed by atoms with Crippen LogP contribution >= 0.6 is 0 Å². The van der Waals surface area contributed by atoms with Crippen molar-refractivity contribution in [3.63, 3.8) is 0 Å². The highest BCUT2D eigenvalue weighted by Crippen LogP contribution is 2.28. The van der Waals surface area contributed by atoms with Crippen LogP contribution in [0.25, 0.3) is 0 Å². The highest BCUT2D eigenvalue weighted by Gasteiger charge is 2.26. The van der Waals surface area contributed by atoms with Crippen LogP contribution < -0.4 is 10.1 Å². The van der Waals surface area contributed by atoms with E-state index >= 15 is 0 Å². The van der Waals surface area contributed by atoms with Gasteiger partial charge in [-0.3, -0.25) is 9.59 Å². The van der Waals surface area contributed by atoms with Gasteiger partial charge in [-0.2, -0.15) is 0 Å². The molecular formula is C21H23NO5. The quantitative estimate of drug-likeness (QED) is 0.719. The molecule has 0 spiro atoms. The van der Waals surface area contributed by atoms with Gasteiger partial charge in [0.25, 0.3) is 5.91 Å². The molecule has 0 heterocycles. The number of esters is 1. The van der Waals surface area contributed by atoms with Gasteiger partial charge in [-0.1, -0.05) is 36.4 Å². The SMILES string of the molecule is COc1ccc(C)cc1NC(=O)[C@@H](OC(=O)CCC(C)=O)c1ccccc1. The molecule has 1 atom stereocenters. The molecule has 2 rings (SSSR count). The molecule has 0 unspecified atom stereocenters. The van der Waals surface area contributed by atoms with E-state index in [9.17, 15) is 14.4 Å². The molecule has 6 heteroatoms. The van der Waals surface area contributed by atoms with Crippen LogP contribution in [0.2, 0.25) is 0 Å². The number of carbonyl (C=O) groups excluding carboxylic acids is 3. The molecule has 0 saturated carbocycles. The Morgan fingerprint density at radius 3 is 2.37 bits per heavy atom. The van der Waals surface area contributed by atoms with Crippen molar-refractivity contribution in [3.05, 3.63) is 59.7 Å². The van der Waals surface area contributed by atoms with Gasteiger partial charge in [-0.05, 0) is 31.5 Å². The fraction of sp³-hybridized carbons (Fsp3) is 0.286. The summed E-state index contributed by atoms with van der Waals surface area (Å²) in [6, 6.07) is 14.1. The van der Waals surface area contributed by atoms with Gasteiger partial charge >= 0.3 is 5.97 Å². The summed E-state index contributed by atoms with van der Waals surface area (Å²) in [6.45, 7) is 3.30. The summed E-state index contributed by atoms with van der Waals surface area (Å²) >= 11 is 0. The number of benzene rings is 2. The number of carbonyl (C=O) groups is 3. The average molecular weight is 369 g/mol. The first kappa shape index (κ1) is 20.2. The maximum absolute atomic E-state index is 12.9. The van der Waals surface area contributed by atoms with E-state index in [1.807, 2.05) is 13.0 Å². The summed E-state index contributed by atoms with van der Waals surface area (Å²) in [7, 11) is 1.51. The minimum atomic E-state index is -1.13. The Morgan fingerprint density at radius 1 is 1.04 bits per heavy atom. The van der Waals surface area contributed by atoms with Gasteiger partial charge in [0.15, 0.2) is 0 Å². The second-order valence-electron chi connectivity index (χ2n) is 6.18. The number of anilines is 1. The molecule has 6 nitrogen and oxygen atoms in total. The average Bonchev–Trinajstić information content (AvgIpc) is 2.65. The van der Waals surface area contributed by atoms with Crippen LogP contribution in [0, 0.1) is 6.92 Å². The molecule has 0 aromatic heterocycles. The van der Waals surface area contributed by atoms with Crippen LogP contribution in [0.1, 0.15) is 37.0 Å². The molecule has 2 aromatic carbocycles. The number of methoxy groups -OCH3 is 1. The third kappa shape index (κ3) is 5.95. The molecule has 0 bridgehead atoms. The van der Waals surface area contributed by atoms with E-state index in [1.165, 1.54) is 14.0 Å². The molecule has 1 N–H and O–H groups in total. The van der Waals surface area contributed by atoms with Crippen LogP contribution in [-0.2, 0) is 19.1 Å². The first-order valence-electron chi connectivity index (χ1n) is 8.60. The Kier molecular flexibility index (Phi) is 7.11. The summed E-state index contributed by atoms with van der Waals surface area (Å²) in [5, 5.41) is 2.76. The first-order valence-corrected chi connectivity index (χ1v) is 8.60. The summed E-state index contributed by atoms with van der Waals surface area (Å²) in [5.41, 5.74) is 1.97. The number of aryl methyl sites for hydroxylation is 1. The molecule has 1 amide bonds. The molecule has 0 radical (unpaired) electrons. The van der Waals surface area contributed by atoms with E-state index in [2.05, 4.69) is 5.32 Å². The largest absolute Gasteiger partial charge is 0.495 e. The molecule has 0 aliphatic rings. The van der Waals surface area contributed by atoms with E-state index in [-0.39, 0.29) is 18.6 Å². The van der Waals surface area contributed by atoms with Crippen molar-refractivity contribution in [2.24, 2.45) is 0 Å². The lowest BCUT2D eigenvalue weighted by Crippen LogP contribution is -2.26. The number of Topliss-reactive ketones (excluding diaryl/α,β-unsaturated/α-hetero) is 1. The van der Waals surface area contributed by atoms with Crippen LogP contribution in [-0.4, -0.2) is 24.8 Å². The van der Waals surface area contributed by atoms with Crippen LogP contribution in [0.5, 0.6) is 5.75 Å². The molecule has 27 heavy (non-hydrogen) atoms. The molecule has 0 aliphatic carbocycles. The maximum Gasteiger partial charge on any atom is 0.307 e. The highest BCUT2D eigenvalue weighted by atomic mass is 16.5. The number of ether oxygens (including phenoxy) is 2. The van der Waals surface area contributed by atoms with Crippen molar-refractivity contribution in [1.82, 2.24) is 0 Å². The topological polar surface area (TPSA) is 81.7 Å². The van der Waals surface area contributed by atoms with Gasteiger partial charge in [0, 0.05) is 12.0 Å². The third-order valence-corrected chi connectivity index (χ3v) is 3.88. The number of rotatable bonds is 8. The van der Waals surface area contributed by atoms with Gasteiger partial charge in [0.2, 0.25) is 6.10 Å². The lowest BCUT2D eigenvalue weighted by molar-refractivity contribution is -0.155. The Morgan fingerprint density at radius 2 is 1.74 bits per heavy atom. The zero-order valence-electron chi connectivity index (χ0n) is 15.7. The van der Waals surface area contributed by atoms with Crippen molar-refractivity contribution in [2.45, 2.75) is 32.8 Å². The van der Waals surface area contributed by atoms with Gasteiger partial charge < -0.3 is 19.6 Å². The summed E-state index contributed by atoms with van der Waals surface area (Å²) in [5.74, 6) is -0.715. The van der Waals surface area contributed by atoms with Crippen LogP contribution in [0.3, 0.4) is 0 Å². The predicted molar refractivity (Wildman–Crippen MR) is 102 cm³/mol. The lowest BCUT2D eigenvalue weighted by atomic mass is 10.1. The number of hydrogen-bond acceptors (Lipinski definition) is 5. The van der Waals surface area contributed by atoms with E-state index < -0.39 is 18.0 Å².